The molecule has 2 aromatic rings. The number of carboxylic acid groups (broad SMARTS) is 1. The van der Waals surface area contributed by atoms with Crippen LogP contribution < -0.4 is 20.9 Å². The third-order valence-electron chi connectivity index (χ3n) is 7.05. The number of hydrogen-bond donors (Lipinski definition) is 4. The van der Waals surface area contributed by atoms with Gasteiger partial charge in [-0.1, -0.05) is 16.5 Å². The lowest BCUT2D eigenvalue weighted by atomic mass is 9.92. The normalized spacial score (nSPS) is 20.5. The Hall–Kier alpha value is -4.18. The van der Waals surface area contributed by atoms with Crippen molar-refractivity contribution in [1.29, 1.82) is 0 Å². The molecule has 4 heterocycles. The molecule has 5 rings (SSSR count). The van der Waals surface area contributed by atoms with Crippen molar-refractivity contribution in [2.24, 2.45) is 5.16 Å². The first-order valence-electron chi connectivity index (χ1n) is 13.3. The summed E-state index contributed by atoms with van der Waals surface area (Å²) in [5, 5.41) is 19.5. The van der Waals surface area contributed by atoms with Crippen molar-refractivity contribution < 1.29 is 38.4 Å². The van der Waals surface area contributed by atoms with Gasteiger partial charge in [0.2, 0.25) is 6.54 Å². The average Bonchev–Trinajstić information content (AvgIpc) is 3.67. The van der Waals surface area contributed by atoms with E-state index in [1.54, 1.807) is 36.1 Å². The minimum atomic E-state index is -1.31. The van der Waals surface area contributed by atoms with Gasteiger partial charge in [0.25, 0.3) is 17.7 Å². The van der Waals surface area contributed by atoms with Crippen LogP contribution in [0, 0.1) is 0 Å². The molecule has 0 spiro atoms. The van der Waals surface area contributed by atoms with Crippen LogP contribution in [0.1, 0.15) is 30.6 Å². The number of nitrogens with one attached hydrogen (secondary N) is 2. The van der Waals surface area contributed by atoms with Gasteiger partial charge in [0.15, 0.2) is 28.9 Å². The number of nitrogen functional groups attached to an aromatic ring is 1. The number of carbonyl (C=O) groups excluding carboxylic acids is 3. The van der Waals surface area contributed by atoms with Crippen LogP contribution in [0.3, 0.4) is 0 Å². The van der Waals surface area contributed by atoms with Gasteiger partial charge in [-0.15, -0.1) is 11.8 Å². The van der Waals surface area contributed by atoms with Gasteiger partial charge in [-0.25, -0.2) is 9.78 Å². The number of oxime groups is 1. The van der Waals surface area contributed by atoms with Gasteiger partial charge in [-0.3, -0.25) is 19.3 Å². The van der Waals surface area contributed by atoms with E-state index in [2.05, 4.69) is 20.8 Å². The number of thioether (sulfide) groups is 1. The standard InChI is InChI=1S/C26H29N7O7S2/c1-28-19(34)11-32-8-6-15(7-9-32)41-13-17-22(25(37)38)33-16(12-39-17)20(24(33)36)30-23(35)21(18-10-29-26(27)42-18)31-40-14-4-2-3-5-14/h6-10,14,16,20H,2-5,11-13H2,1H3,(H4-,27,28,29,30,31,34,35,37,38)/p+1/t16-,20+/m1/s1. The molecule has 3 amide bonds. The number of carbonyl (C=O) groups is 4. The number of nitrogens with zero attached hydrogens (tertiary/aromatic N) is 4. The first-order valence-corrected chi connectivity index (χ1v) is 15.1. The molecule has 1 saturated heterocycles. The fourth-order valence-corrected chi connectivity index (χ4v) is 6.33. The largest absolute Gasteiger partial charge is 0.492 e. The van der Waals surface area contributed by atoms with E-state index in [-0.39, 0.29) is 53.2 Å². The van der Waals surface area contributed by atoms with Gasteiger partial charge >= 0.3 is 5.97 Å². The van der Waals surface area contributed by atoms with Crippen molar-refractivity contribution in [3.63, 3.8) is 0 Å². The van der Waals surface area contributed by atoms with Crippen molar-refractivity contribution in [3.05, 3.63) is 47.1 Å². The first kappa shape index (κ1) is 29.3. The van der Waals surface area contributed by atoms with Crippen LogP contribution in [-0.4, -0.2) is 82.0 Å². The van der Waals surface area contributed by atoms with Gasteiger partial charge in [0.1, 0.15) is 30.6 Å². The molecular formula is C26H30N7O7S2+. The zero-order valence-corrected chi connectivity index (χ0v) is 24.3. The van der Waals surface area contributed by atoms with E-state index in [0.717, 1.165) is 46.8 Å². The Balaban J connectivity index is 1.26. The molecule has 1 saturated carbocycles. The lowest BCUT2D eigenvalue weighted by Gasteiger charge is -2.49. The Morgan fingerprint density at radius 3 is 2.69 bits per heavy atom. The molecule has 3 aliphatic rings. The first-order chi connectivity index (χ1) is 20.2. The molecule has 14 nitrogen and oxygen atoms in total. The molecular weight excluding hydrogens is 586 g/mol. The predicted molar refractivity (Wildman–Crippen MR) is 151 cm³/mol. The van der Waals surface area contributed by atoms with Gasteiger partial charge in [-0.05, 0) is 25.7 Å². The van der Waals surface area contributed by atoms with E-state index in [0.29, 0.717) is 4.88 Å². The summed E-state index contributed by atoms with van der Waals surface area (Å²) >= 11 is 2.39. The number of ether oxygens (including phenoxy) is 1. The van der Waals surface area contributed by atoms with Crippen LogP contribution in [0.5, 0.6) is 0 Å². The summed E-state index contributed by atoms with van der Waals surface area (Å²) in [7, 11) is 1.56. The summed E-state index contributed by atoms with van der Waals surface area (Å²) in [5.74, 6) is -2.35. The second kappa shape index (κ2) is 12.8. The lowest BCUT2D eigenvalue weighted by molar-refractivity contribution is -0.684. The van der Waals surface area contributed by atoms with E-state index >= 15 is 0 Å². The highest BCUT2D eigenvalue weighted by Crippen LogP contribution is 2.35. The van der Waals surface area contributed by atoms with Gasteiger partial charge in [-0.2, -0.15) is 4.57 Å². The third-order valence-corrected chi connectivity index (χ3v) is 8.89. The lowest BCUT2D eigenvalue weighted by Crippen LogP contribution is -2.73. The summed E-state index contributed by atoms with van der Waals surface area (Å²) in [6, 6.07) is 1.89. The van der Waals surface area contributed by atoms with Crippen molar-refractivity contribution >= 4 is 57.6 Å². The number of aromatic nitrogens is 2. The number of β-lactam (4-membered cyclic amide) rings is 1. The zero-order valence-electron chi connectivity index (χ0n) is 22.6. The summed E-state index contributed by atoms with van der Waals surface area (Å²) in [6.45, 7) is 0.178. The van der Waals surface area contributed by atoms with E-state index in [1.165, 1.54) is 18.0 Å². The third kappa shape index (κ3) is 6.33. The monoisotopic (exact) mass is 616 g/mol. The van der Waals surface area contributed by atoms with Crippen LogP contribution in [0.25, 0.3) is 0 Å². The number of hydrogen-bond acceptors (Lipinski definition) is 11. The summed E-state index contributed by atoms with van der Waals surface area (Å²) in [5.41, 5.74) is 5.45. The van der Waals surface area contributed by atoms with Crippen LogP contribution in [-0.2, 0) is 35.3 Å². The molecule has 2 aromatic heterocycles. The highest BCUT2D eigenvalue weighted by molar-refractivity contribution is 7.99. The quantitative estimate of drug-likeness (QED) is 0.0895. The maximum atomic E-state index is 13.3. The molecule has 0 bridgehead atoms. The van der Waals surface area contributed by atoms with Gasteiger partial charge in [0, 0.05) is 30.3 Å². The average molecular weight is 617 g/mol. The number of likely N-dealkylation sites (N-methyl/N-ethyl adjacent to an activating group) is 1. The van der Waals surface area contributed by atoms with Crippen LogP contribution in [0.15, 0.2) is 52.2 Å². The number of fused-ring (bicyclic) bond motifs is 1. The second-order valence-corrected chi connectivity index (χ2v) is 11.9. The van der Waals surface area contributed by atoms with Gasteiger partial charge < -0.3 is 31.0 Å². The van der Waals surface area contributed by atoms with Crippen molar-refractivity contribution in [2.45, 2.75) is 55.3 Å². The number of aliphatic carboxylic acids is 1. The Kier molecular flexibility index (Phi) is 8.91. The summed E-state index contributed by atoms with van der Waals surface area (Å²) in [4.78, 5) is 62.1. The number of carboxylic acids is 1. The number of nitrogens with two attached hydrogens (primary N) is 1. The summed E-state index contributed by atoms with van der Waals surface area (Å²) in [6.07, 6.45) is 8.52. The highest BCUT2D eigenvalue weighted by Gasteiger charge is 2.55. The van der Waals surface area contributed by atoms with E-state index in [9.17, 15) is 24.3 Å². The smallest absolute Gasteiger partial charge is 0.356 e. The zero-order chi connectivity index (χ0) is 29.8. The number of rotatable bonds is 11. The summed E-state index contributed by atoms with van der Waals surface area (Å²) < 4.78 is 7.53. The van der Waals surface area contributed by atoms with Crippen LogP contribution in [0.4, 0.5) is 5.13 Å². The predicted octanol–water partition coefficient (Wildman–Crippen LogP) is 0.236. The molecule has 1 aliphatic carbocycles. The fraction of sp³-hybridized carbons (Fsp3) is 0.423. The van der Waals surface area contributed by atoms with Crippen LogP contribution in [0.2, 0.25) is 0 Å². The molecule has 0 unspecified atom stereocenters. The van der Waals surface area contributed by atoms with E-state index < -0.39 is 29.9 Å². The molecule has 2 fully saturated rings. The molecule has 0 radical (unpaired) electrons. The minimum absolute atomic E-state index is 0.00281. The maximum Gasteiger partial charge on any atom is 0.356 e. The number of pyridine rings is 1. The Labute approximate surface area is 248 Å². The van der Waals surface area contributed by atoms with E-state index in [4.69, 9.17) is 15.3 Å². The molecule has 2 aliphatic heterocycles. The maximum absolute atomic E-state index is 13.3. The molecule has 5 N–H and O–H groups in total. The molecule has 222 valence electrons. The Morgan fingerprint density at radius 1 is 1.31 bits per heavy atom. The molecule has 2 atom stereocenters. The van der Waals surface area contributed by atoms with E-state index in [1.807, 2.05) is 0 Å². The number of amides is 3. The van der Waals surface area contributed by atoms with Gasteiger partial charge in [0.05, 0.1) is 10.6 Å². The fourth-order valence-electron chi connectivity index (χ4n) is 4.84. The van der Waals surface area contributed by atoms with Crippen molar-refractivity contribution in [2.75, 3.05) is 25.1 Å². The topological polar surface area (TPSA) is 189 Å². The van der Waals surface area contributed by atoms with Crippen molar-refractivity contribution in [3.8, 4) is 0 Å². The Bertz CT molecular complexity index is 1440. The molecule has 42 heavy (non-hydrogen) atoms. The molecule has 16 heteroatoms. The molecule has 0 aromatic carbocycles. The minimum Gasteiger partial charge on any atom is -0.492 e. The Morgan fingerprint density at radius 2 is 2.05 bits per heavy atom. The number of thiazole rings is 1. The second-order valence-electron chi connectivity index (χ2n) is 9.80. The number of anilines is 1. The van der Waals surface area contributed by atoms with Crippen molar-refractivity contribution in [1.82, 2.24) is 20.5 Å². The SMILES string of the molecule is CNC(=O)C[n+]1ccc(SCC2=C(C(=O)O)N3C(=O)[C@@H](NC(=O)C(=NOC4CCCC4)c4cnc(N)s4)[C@H]3CO2)cc1. The van der Waals surface area contributed by atoms with Crippen LogP contribution >= 0.6 is 23.1 Å². The highest BCUT2D eigenvalue weighted by atomic mass is 32.2.